The summed E-state index contributed by atoms with van der Waals surface area (Å²) in [5.41, 5.74) is 1.16. The van der Waals surface area contributed by atoms with E-state index in [0.29, 0.717) is 40.6 Å². The standard InChI is InChI=1S/C22H30N6O3S/c1-6-10-23-19-16-13-25-28(20(16)27-22(26-19)32-14(2)3)12-11-24-21(29)15-8-7-9-17(30-4)18(15)31-5/h7-9,13-14H,6,10-12H2,1-5H3,(H,24,29)(H,23,26,27). The number of hydrogen-bond acceptors (Lipinski definition) is 8. The summed E-state index contributed by atoms with van der Waals surface area (Å²) in [6.45, 7) is 8.00. The highest BCUT2D eigenvalue weighted by Gasteiger charge is 2.17. The molecule has 1 aromatic carbocycles. The zero-order valence-electron chi connectivity index (χ0n) is 19.1. The highest BCUT2D eigenvalue weighted by atomic mass is 32.2. The number of methoxy groups -OCH3 is 2. The molecule has 0 unspecified atom stereocenters. The lowest BCUT2D eigenvalue weighted by Crippen LogP contribution is -2.28. The fourth-order valence-electron chi connectivity index (χ4n) is 3.18. The summed E-state index contributed by atoms with van der Waals surface area (Å²) in [5.74, 6) is 1.47. The molecule has 1 amide bonds. The molecular formula is C22H30N6O3S. The molecule has 2 N–H and O–H groups in total. The van der Waals surface area contributed by atoms with Crippen molar-refractivity contribution in [3.8, 4) is 11.5 Å². The molecule has 0 saturated carbocycles. The Hall–Kier alpha value is -3.01. The second kappa shape index (κ2) is 11.0. The Morgan fingerprint density at radius 3 is 2.69 bits per heavy atom. The van der Waals surface area contributed by atoms with E-state index in [0.717, 1.165) is 29.8 Å². The van der Waals surface area contributed by atoms with Crippen LogP contribution in [0.1, 0.15) is 37.6 Å². The van der Waals surface area contributed by atoms with Gasteiger partial charge in [0.05, 0.1) is 37.9 Å². The first-order chi connectivity index (χ1) is 15.5. The molecule has 32 heavy (non-hydrogen) atoms. The predicted octanol–water partition coefficient (Wildman–Crippen LogP) is 3.60. The molecule has 172 valence electrons. The Bertz CT molecular complexity index is 1070. The second-order valence-corrected chi connectivity index (χ2v) is 8.89. The Morgan fingerprint density at radius 2 is 2.00 bits per heavy atom. The summed E-state index contributed by atoms with van der Waals surface area (Å²) >= 11 is 1.61. The number of amides is 1. The fourth-order valence-corrected chi connectivity index (χ4v) is 3.88. The average Bonchev–Trinajstić information content (AvgIpc) is 3.19. The molecule has 0 radical (unpaired) electrons. The zero-order valence-corrected chi connectivity index (χ0v) is 20.0. The molecule has 2 aromatic heterocycles. The van der Waals surface area contributed by atoms with Crippen molar-refractivity contribution >= 4 is 34.5 Å². The largest absolute Gasteiger partial charge is 0.493 e. The highest BCUT2D eigenvalue weighted by molar-refractivity contribution is 7.99. The molecule has 0 aliphatic rings. The van der Waals surface area contributed by atoms with Gasteiger partial charge in [-0.15, -0.1) is 0 Å². The third kappa shape index (κ3) is 5.42. The maximum Gasteiger partial charge on any atom is 0.255 e. The van der Waals surface area contributed by atoms with E-state index in [4.69, 9.17) is 14.5 Å². The summed E-state index contributed by atoms with van der Waals surface area (Å²) in [4.78, 5) is 22.1. The SMILES string of the molecule is CCCNc1nc(SC(C)C)nc2c1cnn2CCNC(=O)c1cccc(OC)c1OC. The van der Waals surface area contributed by atoms with Crippen LogP contribution in [-0.2, 0) is 6.54 Å². The molecule has 0 atom stereocenters. The summed E-state index contributed by atoms with van der Waals surface area (Å²) in [5, 5.41) is 12.7. The van der Waals surface area contributed by atoms with Gasteiger partial charge in [-0.05, 0) is 18.6 Å². The first kappa shape index (κ1) is 23.6. The van der Waals surface area contributed by atoms with Crippen LogP contribution in [0.5, 0.6) is 11.5 Å². The minimum atomic E-state index is -0.242. The van der Waals surface area contributed by atoms with Crippen molar-refractivity contribution in [3.05, 3.63) is 30.0 Å². The van der Waals surface area contributed by atoms with Crippen molar-refractivity contribution in [1.29, 1.82) is 0 Å². The molecule has 9 nitrogen and oxygen atoms in total. The minimum Gasteiger partial charge on any atom is -0.493 e. The van der Waals surface area contributed by atoms with Gasteiger partial charge in [-0.3, -0.25) is 4.79 Å². The number of carbonyl (C=O) groups is 1. The van der Waals surface area contributed by atoms with Gasteiger partial charge in [0, 0.05) is 18.3 Å². The van der Waals surface area contributed by atoms with Gasteiger partial charge in [-0.25, -0.2) is 14.6 Å². The van der Waals surface area contributed by atoms with Crippen molar-refractivity contribution in [2.75, 3.05) is 32.6 Å². The number of thioether (sulfide) groups is 1. The van der Waals surface area contributed by atoms with Crippen LogP contribution in [-0.4, -0.2) is 58.2 Å². The van der Waals surface area contributed by atoms with Gasteiger partial charge in [0.2, 0.25) is 0 Å². The van der Waals surface area contributed by atoms with Crippen molar-refractivity contribution in [2.24, 2.45) is 0 Å². The summed E-state index contributed by atoms with van der Waals surface area (Å²) in [7, 11) is 3.06. The number of ether oxygens (including phenoxy) is 2. The van der Waals surface area contributed by atoms with Crippen molar-refractivity contribution in [1.82, 2.24) is 25.1 Å². The lowest BCUT2D eigenvalue weighted by Gasteiger charge is -2.13. The summed E-state index contributed by atoms with van der Waals surface area (Å²) < 4.78 is 12.4. The van der Waals surface area contributed by atoms with Crippen molar-refractivity contribution in [3.63, 3.8) is 0 Å². The first-order valence-electron chi connectivity index (χ1n) is 10.6. The molecule has 2 heterocycles. The molecule has 0 fully saturated rings. The quantitative estimate of drug-likeness (QED) is 0.332. The molecule has 0 saturated heterocycles. The van der Waals surface area contributed by atoms with Gasteiger partial charge in [0.15, 0.2) is 22.3 Å². The van der Waals surface area contributed by atoms with E-state index in [1.165, 1.54) is 7.11 Å². The Balaban J connectivity index is 1.77. The van der Waals surface area contributed by atoms with Gasteiger partial charge in [-0.2, -0.15) is 5.10 Å². The van der Waals surface area contributed by atoms with E-state index >= 15 is 0 Å². The topological polar surface area (TPSA) is 103 Å². The summed E-state index contributed by atoms with van der Waals surface area (Å²) in [6, 6.07) is 5.21. The number of aromatic nitrogens is 4. The summed E-state index contributed by atoms with van der Waals surface area (Å²) in [6.07, 6.45) is 2.76. The van der Waals surface area contributed by atoms with E-state index < -0.39 is 0 Å². The molecule has 0 bridgehead atoms. The van der Waals surface area contributed by atoms with Crippen LogP contribution in [0.2, 0.25) is 0 Å². The van der Waals surface area contributed by atoms with E-state index in [1.54, 1.807) is 47.9 Å². The monoisotopic (exact) mass is 458 g/mol. The van der Waals surface area contributed by atoms with Crippen LogP contribution < -0.4 is 20.1 Å². The normalized spacial score (nSPS) is 11.1. The van der Waals surface area contributed by atoms with E-state index in [-0.39, 0.29) is 5.91 Å². The van der Waals surface area contributed by atoms with Gasteiger partial charge in [0.1, 0.15) is 5.82 Å². The van der Waals surface area contributed by atoms with Gasteiger partial charge in [0.25, 0.3) is 5.91 Å². The number of carbonyl (C=O) groups excluding carboxylic acids is 1. The number of para-hydroxylation sites is 1. The van der Waals surface area contributed by atoms with E-state index in [2.05, 4.69) is 41.5 Å². The van der Waals surface area contributed by atoms with Crippen LogP contribution in [0, 0.1) is 0 Å². The smallest absolute Gasteiger partial charge is 0.255 e. The van der Waals surface area contributed by atoms with Crippen LogP contribution in [0.4, 0.5) is 5.82 Å². The number of nitrogens with one attached hydrogen (secondary N) is 2. The Morgan fingerprint density at radius 1 is 1.19 bits per heavy atom. The lowest BCUT2D eigenvalue weighted by atomic mass is 10.1. The Labute approximate surface area is 192 Å². The molecule has 0 aliphatic carbocycles. The first-order valence-corrected chi connectivity index (χ1v) is 11.5. The predicted molar refractivity (Wildman–Crippen MR) is 127 cm³/mol. The van der Waals surface area contributed by atoms with Gasteiger partial charge in [-0.1, -0.05) is 38.6 Å². The number of anilines is 1. The van der Waals surface area contributed by atoms with Crippen molar-refractivity contribution < 1.29 is 14.3 Å². The maximum atomic E-state index is 12.7. The third-order valence-electron chi connectivity index (χ3n) is 4.62. The van der Waals surface area contributed by atoms with Crippen LogP contribution >= 0.6 is 11.8 Å². The second-order valence-electron chi connectivity index (χ2n) is 7.35. The highest BCUT2D eigenvalue weighted by Crippen LogP contribution is 2.30. The van der Waals surface area contributed by atoms with Crippen LogP contribution in [0.25, 0.3) is 11.0 Å². The fraction of sp³-hybridized carbons (Fsp3) is 0.455. The number of benzene rings is 1. The molecule has 0 aliphatic heterocycles. The number of fused-ring (bicyclic) bond motifs is 1. The number of nitrogens with zero attached hydrogens (tertiary/aromatic N) is 4. The average molecular weight is 459 g/mol. The van der Waals surface area contributed by atoms with Crippen LogP contribution in [0.3, 0.4) is 0 Å². The molecule has 3 rings (SSSR count). The maximum absolute atomic E-state index is 12.7. The van der Waals surface area contributed by atoms with Gasteiger partial charge < -0.3 is 20.1 Å². The van der Waals surface area contributed by atoms with Gasteiger partial charge >= 0.3 is 0 Å². The number of rotatable bonds is 11. The zero-order chi connectivity index (χ0) is 23.1. The van der Waals surface area contributed by atoms with E-state index in [9.17, 15) is 4.79 Å². The van der Waals surface area contributed by atoms with Crippen LogP contribution in [0.15, 0.2) is 29.6 Å². The van der Waals surface area contributed by atoms with E-state index in [1.807, 2.05) is 0 Å². The molecule has 0 spiro atoms. The minimum absolute atomic E-state index is 0.242. The third-order valence-corrected chi connectivity index (χ3v) is 5.48. The molecule has 3 aromatic rings. The lowest BCUT2D eigenvalue weighted by molar-refractivity contribution is 0.0948. The Kier molecular flexibility index (Phi) is 8.15. The molecular weight excluding hydrogens is 428 g/mol. The molecule has 10 heteroatoms. The number of hydrogen-bond donors (Lipinski definition) is 2. The van der Waals surface area contributed by atoms with Crippen molar-refractivity contribution in [2.45, 2.75) is 44.1 Å².